The SMILES string of the molecule is COC(=O)C(Nc1ccc(C(=O)O)cc1)c1ccccc1. The number of ether oxygens (including phenoxy) is 1. The van der Waals surface area contributed by atoms with Crippen LogP contribution in [-0.2, 0) is 9.53 Å². The molecule has 1 atom stereocenters. The third-order valence-electron chi connectivity index (χ3n) is 3.01. The summed E-state index contributed by atoms with van der Waals surface area (Å²) in [7, 11) is 1.33. The molecule has 5 nitrogen and oxygen atoms in total. The van der Waals surface area contributed by atoms with Gasteiger partial charge >= 0.3 is 11.9 Å². The molecule has 108 valence electrons. The summed E-state index contributed by atoms with van der Waals surface area (Å²) in [4.78, 5) is 22.7. The Labute approximate surface area is 122 Å². The van der Waals surface area contributed by atoms with Crippen molar-refractivity contribution in [3.05, 3.63) is 65.7 Å². The largest absolute Gasteiger partial charge is 0.478 e. The third kappa shape index (κ3) is 3.60. The molecular formula is C16H15NO4. The average Bonchev–Trinajstić information content (AvgIpc) is 2.53. The van der Waals surface area contributed by atoms with Crippen LogP contribution in [0.5, 0.6) is 0 Å². The number of benzene rings is 2. The van der Waals surface area contributed by atoms with E-state index in [0.717, 1.165) is 5.56 Å². The number of carbonyl (C=O) groups is 2. The van der Waals surface area contributed by atoms with Crippen molar-refractivity contribution >= 4 is 17.6 Å². The lowest BCUT2D eigenvalue weighted by Crippen LogP contribution is -2.22. The Balaban J connectivity index is 2.23. The molecule has 0 aliphatic heterocycles. The van der Waals surface area contributed by atoms with Crippen LogP contribution >= 0.6 is 0 Å². The lowest BCUT2D eigenvalue weighted by Gasteiger charge is -2.18. The maximum Gasteiger partial charge on any atom is 0.335 e. The molecule has 2 N–H and O–H groups in total. The number of aromatic carboxylic acids is 1. The second-order valence-electron chi connectivity index (χ2n) is 4.39. The molecule has 5 heteroatoms. The molecule has 0 radical (unpaired) electrons. The maximum atomic E-state index is 11.9. The Morgan fingerprint density at radius 1 is 1.05 bits per heavy atom. The first-order chi connectivity index (χ1) is 10.1. The van der Waals surface area contributed by atoms with Gasteiger partial charge in [-0.2, -0.15) is 0 Å². The summed E-state index contributed by atoms with van der Waals surface area (Å²) in [5.74, 6) is -1.40. The van der Waals surface area contributed by atoms with E-state index in [1.165, 1.54) is 19.2 Å². The minimum Gasteiger partial charge on any atom is -0.478 e. The van der Waals surface area contributed by atoms with Crippen molar-refractivity contribution in [3.63, 3.8) is 0 Å². The van der Waals surface area contributed by atoms with E-state index in [2.05, 4.69) is 5.32 Å². The van der Waals surface area contributed by atoms with E-state index in [4.69, 9.17) is 9.84 Å². The molecule has 2 aromatic carbocycles. The highest BCUT2D eigenvalue weighted by atomic mass is 16.5. The molecule has 0 saturated carbocycles. The Bertz CT molecular complexity index is 622. The number of carbonyl (C=O) groups excluding carboxylic acids is 1. The van der Waals surface area contributed by atoms with Gasteiger partial charge in [-0.1, -0.05) is 30.3 Å². The second kappa shape index (κ2) is 6.56. The predicted molar refractivity (Wildman–Crippen MR) is 78.2 cm³/mol. The third-order valence-corrected chi connectivity index (χ3v) is 3.01. The molecule has 2 aromatic rings. The van der Waals surface area contributed by atoms with E-state index < -0.39 is 18.0 Å². The van der Waals surface area contributed by atoms with Crippen molar-refractivity contribution in [2.75, 3.05) is 12.4 Å². The van der Waals surface area contributed by atoms with Crippen LogP contribution in [-0.4, -0.2) is 24.2 Å². The number of rotatable bonds is 5. The Hall–Kier alpha value is -2.82. The number of methoxy groups -OCH3 is 1. The quantitative estimate of drug-likeness (QED) is 0.826. The van der Waals surface area contributed by atoms with Crippen LogP contribution in [0.3, 0.4) is 0 Å². The summed E-state index contributed by atoms with van der Waals surface area (Å²) in [6, 6.07) is 14.7. The molecule has 0 aliphatic rings. The number of hydrogen-bond donors (Lipinski definition) is 2. The number of esters is 1. The molecule has 0 aromatic heterocycles. The van der Waals surface area contributed by atoms with E-state index in [1.807, 2.05) is 30.3 Å². The van der Waals surface area contributed by atoms with Crippen molar-refractivity contribution in [1.82, 2.24) is 0 Å². The molecule has 21 heavy (non-hydrogen) atoms. The highest BCUT2D eigenvalue weighted by molar-refractivity contribution is 5.88. The molecule has 0 aliphatic carbocycles. The molecule has 0 fully saturated rings. The van der Waals surface area contributed by atoms with Crippen LogP contribution in [0, 0.1) is 0 Å². The van der Waals surface area contributed by atoms with Crippen LogP contribution in [0.15, 0.2) is 54.6 Å². The van der Waals surface area contributed by atoms with Gasteiger partial charge in [0.05, 0.1) is 12.7 Å². The average molecular weight is 285 g/mol. The standard InChI is InChI=1S/C16H15NO4/c1-21-16(20)14(11-5-3-2-4-6-11)17-13-9-7-12(8-10-13)15(18)19/h2-10,14,17H,1H3,(H,18,19). The van der Waals surface area contributed by atoms with E-state index in [1.54, 1.807) is 12.1 Å². The fourth-order valence-corrected chi connectivity index (χ4v) is 1.92. The second-order valence-corrected chi connectivity index (χ2v) is 4.39. The number of nitrogens with one attached hydrogen (secondary N) is 1. The fourth-order valence-electron chi connectivity index (χ4n) is 1.92. The molecular weight excluding hydrogens is 270 g/mol. The summed E-state index contributed by atoms with van der Waals surface area (Å²) < 4.78 is 4.81. The minimum atomic E-state index is -0.992. The van der Waals surface area contributed by atoms with Crippen LogP contribution < -0.4 is 5.32 Å². The maximum absolute atomic E-state index is 11.9. The molecule has 0 heterocycles. The molecule has 2 rings (SSSR count). The normalized spacial score (nSPS) is 11.5. The Morgan fingerprint density at radius 2 is 1.67 bits per heavy atom. The molecule has 0 saturated heterocycles. The number of carboxylic acids is 1. The van der Waals surface area contributed by atoms with Crippen molar-refractivity contribution in [2.24, 2.45) is 0 Å². The van der Waals surface area contributed by atoms with Crippen LogP contribution in [0.25, 0.3) is 0 Å². The van der Waals surface area contributed by atoms with Crippen LogP contribution in [0.1, 0.15) is 22.0 Å². The van der Waals surface area contributed by atoms with Crippen molar-refractivity contribution in [3.8, 4) is 0 Å². The predicted octanol–water partition coefficient (Wildman–Crippen LogP) is 2.71. The summed E-state index contributed by atoms with van der Waals surface area (Å²) in [6.45, 7) is 0. The van der Waals surface area contributed by atoms with Gasteiger partial charge in [-0.3, -0.25) is 0 Å². The van der Waals surface area contributed by atoms with Gasteiger partial charge in [0.2, 0.25) is 0 Å². The summed E-state index contributed by atoms with van der Waals surface area (Å²) >= 11 is 0. The zero-order chi connectivity index (χ0) is 15.2. The minimum absolute atomic E-state index is 0.190. The van der Waals surface area contributed by atoms with Crippen molar-refractivity contribution in [1.29, 1.82) is 0 Å². The van der Waals surface area contributed by atoms with Crippen molar-refractivity contribution < 1.29 is 19.4 Å². The lowest BCUT2D eigenvalue weighted by atomic mass is 10.1. The number of anilines is 1. The van der Waals surface area contributed by atoms with E-state index in [9.17, 15) is 9.59 Å². The summed E-state index contributed by atoms with van der Waals surface area (Å²) in [5.41, 5.74) is 1.60. The van der Waals surface area contributed by atoms with Crippen LogP contribution in [0.2, 0.25) is 0 Å². The number of hydrogen-bond acceptors (Lipinski definition) is 4. The number of carboxylic acid groups (broad SMARTS) is 1. The lowest BCUT2D eigenvalue weighted by molar-refractivity contribution is -0.141. The fraction of sp³-hybridized carbons (Fsp3) is 0.125. The van der Waals surface area contributed by atoms with E-state index >= 15 is 0 Å². The first-order valence-corrected chi connectivity index (χ1v) is 6.34. The molecule has 0 amide bonds. The highest BCUT2D eigenvalue weighted by Gasteiger charge is 2.21. The van der Waals surface area contributed by atoms with Gasteiger partial charge in [0.15, 0.2) is 6.04 Å². The Kier molecular flexibility index (Phi) is 4.56. The zero-order valence-electron chi connectivity index (χ0n) is 11.4. The van der Waals surface area contributed by atoms with Crippen molar-refractivity contribution in [2.45, 2.75) is 6.04 Å². The smallest absolute Gasteiger partial charge is 0.335 e. The monoisotopic (exact) mass is 285 g/mol. The van der Waals surface area contributed by atoms with Gasteiger partial charge in [0.1, 0.15) is 0 Å². The summed E-state index contributed by atoms with van der Waals surface area (Å²) in [5, 5.41) is 11.9. The van der Waals surface area contributed by atoms with Gasteiger partial charge in [0, 0.05) is 5.69 Å². The van der Waals surface area contributed by atoms with E-state index in [0.29, 0.717) is 5.69 Å². The summed E-state index contributed by atoms with van der Waals surface area (Å²) in [6.07, 6.45) is 0. The Morgan fingerprint density at radius 3 is 2.19 bits per heavy atom. The highest BCUT2D eigenvalue weighted by Crippen LogP contribution is 2.21. The first-order valence-electron chi connectivity index (χ1n) is 6.34. The molecule has 0 spiro atoms. The van der Waals surface area contributed by atoms with Gasteiger partial charge in [-0.25, -0.2) is 9.59 Å². The molecule has 0 bridgehead atoms. The van der Waals surface area contributed by atoms with Gasteiger partial charge < -0.3 is 15.2 Å². The van der Waals surface area contributed by atoms with E-state index in [-0.39, 0.29) is 5.56 Å². The van der Waals surface area contributed by atoms with Gasteiger partial charge in [0.25, 0.3) is 0 Å². The van der Waals surface area contributed by atoms with Crippen LogP contribution in [0.4, 0.5) is 5.69 Å². The molecule has 1 unspecified atom stereocenters. The first kappa shape index (κ1) is 14.6. The van der Waals surface area contributed by atoms with Gasteiger partial charge in [-0.15, -0.1) is 0 Å². The topological polar surface area (TPSA) is 75.6 Å². The van der Waals surface area contributed by atoms with Gasteiger partial charge in [-0.05, 0) is 29.8 Å². The zero-order valence-corrected chi connectivity index (χ0v) is 11.4.